The van der Waals surface area contributed by atoms with Crippen molar-refractivity contribution in [2.75, 3.05) is 0 Å². The van der Waals surface area contributed by atoms with Crippen LogP contribution in [0.15, 0.2) is 6.20 Å². The summed E-state index contributed by atoms with van der Waals surface area (Å²) in [5.41, 5.74) is 1.78. The van der Waals surface area contributed by atoms with E-state index in [9.17, 15) is 4.79 Å². The Kier molecular flexibility index (Phi) is 4.27. The molecule has 1 amide bonds. The molecule has 2 N–H and O–H groups in total. The highest BCUT2D eigenvalue weighted by molar-refractivity contribution is 5.68. The van der Waals surface area contributed by atoms with Gasteiger partial charge in [-0.15, -0.1) is 0 Å². The first kappa shape index (κ1) is 15.8. The van der Waals surface area contributed by atoms with Crippen LogP contribution in [0.4, 0.5) is 4.79 Å². The molecule has 1 aliphatic carbocycles. The minimum Gasteiger partial charge on any atom is -0.444 e. The number of rotatable bonds is 4. The molecule has 1 heterocycles. The molecule has 6 nitrogen and oxygen atoms in total. The molecule has 1 saturated carbocycles. The minimum atomic E-state index is -0.456. The van der Waals surface area contributed by atoms with Gasteiger partial charge in [0, 0.05) is 36.9 Å². The lowest BCUT2D eigenvalue weighted by Crippen LogP contribution is -2.37. The molecule has 0 spiro atoms. The van der Waals surface area contributed by atoms with Crippen LogP contribution in [0.1, 0.15) is 51.4 Å². The Hall–Kier alpha value is -1.56. The number of amides is 1. The summed E-state index contributed by atoms with van der Waals surface area (Å²) in [5.74, 6) is 0. The largest absolute Gasteiger partial charge is 0.444 e. The van der Waals surface area contributed by atoms with Crippen molar-refractivity contribution in [3.8, 4) is 0 Å². The molecule has 0 bridgehead atoms. The van der Waals surface area contributed by atoms with Crippen LogP contribution in [0.2, 0.25) is 0 Å². The molecular weight excluding hydrogens is 268 g/mol. The van der Waals surface area contributed by atoms with Gasteiger partial charge in [-0.2, -0.15) is 5.10 Å². The van der Waals surface area contributed by atoms with Crippen LogP contribution in [0.25, 0.3) is 0 Å². The molecule has 118 valence electrons. The molecule has 0 saturated heterocycles. The second-order valence-electron chi connectivity index (χ2n) is 6.83. The Morgan fingerprint density at radius 3 is 2.67 bits per heavy atom. The molecule has 6 heteroatoms. The number of alkyl carbamates (subject to hydrolysis) is 1. The molecule has 0 radical (unpaired) electrons. The van der Waals surface area contributed by atoms with E-state index in [1.165, 1.54) is 5.56 Å². The summed E-state index contributed by atoms with van der Waals surface area (Å²) >= 11 is 0. The van der Waals surface area contributed by atoms with E-state index in [-0.39, 0.29) is 18.2 Å². The summed E-state index contributed by atoms with van der Waals surface area (Å²) < 4.78 is 7.08. The molecule has 1 aliphatic rings. The number of hydrogen-bond donors (Lipinski definition) is 2. The van der Waals surface area contributed by atoms with Gasteiger partial charge in [0.25, 0.3) is 0 Å². The van der Waals surface area contributed by atoms with Gasteiger partial charge in [0.05, 0.1) is 5.69 Å². The number of ether oxygens (including phenoxy) is 1. The number of carbonyl (C=O) groups excluding carboxylic acids is 1. The number of nitrogens with zero attached hydrogens (tertiary/aromatic N) is 2. The van der Waals surface area contributed by atoms with E-state index in [0.717, 1.165) is 12.1 Å². The Balaban J connectivity index is 1.79. The highest BCUT2D eigenvalue weighted by atomic mass is 16.6. The van der Waals surface area contributed by atoms with Crippen molar-refractivity contribution in [1.82, 2.24) is 20.4 Å². The van der Waals surface area contributed by atoms with Crippen molar-refractivity contribution < 1.29 is 9.53 Å². The van der Waals surface area contributed by atoms with Crippen molar-refractivity contribution >= 4 is 6.09 Å². The van der Waals surface area contributed by atoms with Gasteiger partial charge in [0.15, 0.2) is 0 Å². The molecule has 1 aromatic rings. The summed E-state index contributed by atoms with van der Waals surface area (Å²) in [6.45, 7) is 9.72. The predicted molar refractivity (Wildman–Crippen MR) is 81.1 cm³/mol. The monoisotopic (exact) mass is 294 g/mol. The van der Waals surface area contributed by atoms with E-state index in [1.54, 1.807) is 0 Å². The molecule has 0 aromatic carbocycles. The van der Waals surface area contributed by atoms with Crippen LogP contribution in [0.5, 0.6) is 0 Å². The van der Waals surface area contributed by atoms with Crippen molar-refractivity contribution in [2.24, 2.45) is 7.05 Å². The maximum absolute atomic E-state index is 11.7. The molecule has 1 fully saturated rings. The van der Waals surface area contributed by atoms with Crippen molar-refractivity contribution in [3.63, 3.8) is 0 Å². The van der Waals surface area contributed by atoms with Gasteiger partial charge in [-0.25, -0.2) is 4.79 Å². The number of carbonyl (C=O) groups is 1. The highest BCUT2D eigenvalue weighted by Gasteiger charge is 2.40. The lowest BCUT2D eigenvalue weighted by atomic mass is 10.1. The zero-order valence-corrected chi connectivity index (χ0v) is 13.7. The molecule has 1 aromatic heterocycles. The van der Waals surface area contributed by atoms with Crippen LogP contribution in [0, 0.1) is 6.92 Å². The molecule has 2 rings (SSSR count). The van der Waals surface area contributed by atoms with Gasteiger partial charge < -0.3 is 15.4 Å². The molecular formula is C15H26N4O2. The first-order valence-electron chi connectivity index (χ1n) is 7.41. The van der Waals surface area contributed by atoms with E-state index in [0.29, 0.717) is 6.04 Å². The van der Waals surface area contributed by atoms with E-state index < -0.39 is 5.60 Å². The molecule has 0 aliphatic heterocycles. The average Bonchev–Trinajstić information content (AvgIpc) is 2.90. The molecule has 3 unspecified atom stereocenters. The van der Waals surface area contributed by atoms with E-state index in [4.69, 9.17) is 4.74 Å². The van der Waals surface area contributed by atoms with Gasteiger partial charge in [0.1, 0.15) is 5.60 Å². The first-order chi connectivity index (χ1) is 9.65. The third kappa shape index (κ3) is 4.46. The smallest absolute Gasteiger partial charge is 0.407 e. The van der Waals surface area contributed by atoms with Gasteiger partial charge in [0.2, 0.25) is 0 Å². The van der Waals surface area contributed by atoms with Crippen LogP contribution in [0.3, 0.4) is 0 Å². The predicted octanol–water partition coefficient (Wildman–Crippen LogP) is 2.04. The fourth-order valence-electron chi connectivity index (χ4n) is 2.45. The van der Waals surface area contributed by atoms with Crippen LogP contribution in [-0.2, 0) is 11.8 Å². The lowest BCUT2D eigenvalue weighted by Gasteiger charge is -2.20. The SMILES string of the molecule is Cc1nn(C)cc1C(C)NC1CC1NC(=O)OC(C)(C)C. The Bertz CT molecular complexity index is 518. The van der Waals surface area contributed by atoms with E-state index >= 15 is 0 Å². The number of aromatic nitrogens is 2. The van der Waals surface area contributed by atoms with Gasteiger partial charge >= 0.3 is 6.09 Å². The zero-order chi connectivity index (χ0) is 15.8. The molecule has 21 heavy (non-hydrogen) atoms. The van der Waals surface area contributed by atoms with Crippen LogP contribution in [-0.4, -0.2) is 33.6 Å². The van der Waals surface area contributed by atoms with Gasteiger partial charge in [-0.1, -0.05) is 0 Å². The van der Waals surface area contributed by atoms with Crippen molar-refractivity contribution in [1.29, 1.82) is 0 Å². The lowest BCUT2D eigenvalue weighted by molar-refractivity contribution is 0.0522. The number of aryl methyl sites for hydroxylation is 2. The van der Waals surface area contributed by atoms with Gasteiger partial charge in [-0.05, 0) is 41.0 Å². The third-order valence-electron chi connectivity index (χ3n) is 3.47. The summed E-state index contributed by atoms with van der Waals surface area (Å²) in [6.07, 6.45) is 2.62. The quantitative estimate of drug-likeness (QED) is 0.892. The summed E-state index contributed by atoms with van der Waals surface area (Å²) in [6, 6.07) is 0.667. The van der Waals surface area contributed by atoms with Crippen LogP contribution < -0.4 is 10.6 Å². The van der Waals surface area contributed by atoms with Crippen molar-refractivity contribution in [3.05, 3.63) is 17.5 Å². The second-order valence-corrected chi connectivity index (χ2v) is 6.83. The topological polar surface area (TPSA) is 68.2 Å². The summed E-state index contributed by atoms with van der Waals surface area (Å²) in [5, 5.41) is 10.8. The maximum atomic E-state index is 11.7. The number of hydrogen-bond acceptors (Lipinski definition) is 4. The second kappa shape index (κ2) is 5.67. The van der Waals surface area contributed by atoms with E-state index in [2.05, 4.69) is 22.7 Å². The van der Waals surface area contributed by atoms with E-state index in [1.807, 2.05) is 45.6 Å². The zero-order valence-electron chi connectivity index (χ0n) is 13.7. The number of nitrogens with one attached hydrogen (secondary N) is 2. The Morgan fingerprint density at radius 1 is 1.48 bits per heavy atom. The normalized spacial score (nSPS) is 22.8. The summed E-state index contributed by atoms with van der Waals surface area (Å²) in [4.78, 5) is 11.7. The fraction of sp³-hybridized carbons (Fsp3) is 0.733. The fourth-order valence-corrected chi connectivity index (χ4v) is 2.45. The molecule has 3 atom stereocenters. The maximum Gasteiger partial charge on any atom is 0.407 e. The standard InChI is InChI=1S/C15H26N4O2/c1-9(11-8-19(6)18-10(11)2)16-12-7-13(12)17-14(20)21-15(3,4)5/h8-9,12-13,16H,7H2,1-6H3,(H,17,20). The summed E-state index contributed by atoms with van der Waals surface area (Å²) in [7, 11) is 1.92. The first-order valence-corrected chi connectivity index (χ1v) is 7.41. The van der Waals surface area contributed by atoms with Crippen LogP contribution >= 0.6 is 0 Å². The third-order valence-corrected chi connectivity index (χ3v) is 3.47. The minimum absolute atomic E-state index is 0.152. The Labute approximate surface area is 126 Å². The van der Waals surface area contributed by atoms with Gasteiger partial charge in [-0.3, -0.25) is 4.68 Å². The highest BCUT2D eigenvalue weighted by Crippen LogP contribution is 2.26. The Morgan fingerprint density at radius 2 is 2.14 bits per heavy atom. The average molecular weight is 294 g/mol. The van der Waals surface area contributed by atoms with Crippen molar-refractivity contribution in [2.45, 2.75) is 64.8 Å².